The van der Waals surface area contributed by atoms with Crippen molar-refractivity contribution in [2.45, 2.75) is 36.3 Å². The van der Waals surface area contributed by atoms with Gasteiger partial charge in [0.05, 0.1) is 0 Å². The molecule has 1 aliphatic heterocycles. The van der Waals surface area contributed by atoms with E-state index in [-0.39, 0.29) is 11.9 Å². The van der Waals surface area contributed by atoms with E-state index in [9.17, 15) is 4.39 Å². The van der Waals surface area contributed by atoms with Gasteiger partial charge in [0.15, 0.2) is 0 Å². The Morgan fingerprint density at radius 3 is 2.61 bits per heavy atom. The molecule has 0 radical (unpaired) electrons. The molecule has 1 aromatic carbocycles. The Labute approximate surface area is 117 Å². The number of halogens is 1. The highest BCUT2D eigenvalue weighted by Gasteiger charge is 2.29. The van der Waals surface area contributed by atoms with Crippen molar-refractivity contribution in [3.05, 3.63) is 35.6 Å². The molecule has 1 nitrogen and oxygen atoms in total. The molecule has 1 fully saturated rings. The van der Waals surface area contributed by atoms with Crippen molar-refractivity contribution in [2.75, 3.05) is 11.5 Å². The van der Waals surface area contributed by atoms with Crippen LogP contribution in [0, 0.1) is 5.82 Å². The van der Waals surface area contributed by atoms with Crippen LogP contribution in [0.1, 0.15) is 18.9 Å². The predicted molar refractivity (Wildman–Crippen MR) is 80.9 cm³/mol. The van der Waals surface area contributed by atoms with Crippen molar-refractivity contribution >= 4 is 23.5 Å². The van der Waals surface area contributed by atoms with Crippen molar-refractivity contribution in [2.24, 2.45) is 5.73 Å². The Balaban J connectivity index is 1.97. The van der Waals surface area contributed by atoms with E-state index < -0.39 is 0 Å². The zero-order valence-corrected chi connectivity index (χ0v) is 12.3. The predicted octanol–water partition coefficient (Wildman–Crippen LogP) is 3.32. The normalized spacial score (nSPS) is 25.9. The van der Waals surface area contributed by atoms with Gasteiger partial charge in [-0.05, 0) is 30.5 Å². The van der Waals surface area contributed by atoms with Crippen LogP contribution in [0.4, 0.5) is 4.39 Å². The highest BCUT2D eigenvalue weighted by Crippen LogP contribution is 2.35. The van der Waals surface area contributed by atoms with Gasteiger partial charge >= 0.3 is 0 Å². The third-order valence-electron chi connectivity index (χ3n) is 3.30. The van der Waals surface area contributed by atoms with E-state index in [0.717, 1.165) is 12.0 Å². The molecule has 100 valence electrons. The summed E-state index contributed by atoms with van der Waals surface area (Å²) in [5, 5.41) is 1.19. The standard InChI is InChI=1S/C14H20FNS2/c1-2-13-14(18-8-7-17-13)12(16)9-10-3-5-11(15)6-4-10/h3-6,12-14H,2,7-9,16H2,1H3. The lowest BCUT2D eigenvalue weighted by molar-refractivity contribution is 0.594. The van der Waals surface area contributed by atoms with Crippen LogP contribution in [0.15, 0.2) is 24.3 Å². The molecule has 0 aromatic heterocycles. The largest absolute Gasteiger partial charge is 0.326 e. The molecule has 0 amide bonds. The van der Waals surface area contributed by atoms with E-state index in [1.807, 2.05) is 23.9 Å². The van der Waals surface area contributed by atoms with Crippen LogP contribution >= 0.6 is 23.5 Å². The zero-order valence-electron chi connectivity index (χ0n) is 10.6. The molecule has 0 bridgehead atoms. The molecule has 1 aliphatic rings. The van der Waals surface area contributed by atoms with Crippen molar-refractivity contribution in [3.63, 3.8) is 0 Å². The second kappa shape index (κ2) is 6.83. The molecule has 1 aromatic rings. The third-order valence-corrected chi connectivity index (χ3v) is 6.73. The maximum atomic E-state index is 12.9. The summed E-state index contributed by atoms with van der Waals surface area (Å²) in [6.45, 7) is 2.24. The molecule has 4 heteroatoms. The average molecular weight is 285 g/mol. The quantitative estimate of drug-likeness (QED) is 0.919. The van der Waals surface area contributed by atoms with Crippen LogP contribution < -0.4 is 5.73 Å². The monoisotopic (exact) mass is 285 g/mol. The Bertz CT molecular complexity index is 369. The minimum atomic E-state index is -0.179. The Kier molecular flexibility index (Phi) is 5.39. The van der Waals surface area contributed by atoms with Gasteiger partial charge in [0.1, 0.15) is 5.82 Å². The highest BCUT2D eigenvalue weighted by atomic mass is 32.2. The van der Waals surface area contributed by atoms with Crippen molar-refractivity contribution < 1.29 is 4.39 Å². The van der Waals surface area contributed by atoms with Gasteiger partial charge in [-0.25, -0.2) is 4.39 Å². The number of benzene rings is 1. The minimum Gasteiger partial charge on any atom is -0.326 e. The minimum absolute atomic E-state index is 0.165. The summed E-state index contributed by atoms with van der Waals surface area (Å²) in [7, 11) is 0. The lowest BCUT2D eigenvalue weighted by Gasteiger charge is -2.34. The van der Waals surface area contributed by atoms with Gasteiger partial charge in [-0.3, -0.25) is 0 Å². The molecule has 18 heavy (non-hydrogen) atoms. The lowest BCUT2D eigenvalue weighted by Crippen LogP contribution is -2.43. The number of nitrogens with two attached hydrogens (primary N) is 1. The van der Waals surface area contributed by atoms with Crippen LogP contribution in [0.2, 0.25) is 0 Å². The van der Waals surface area contributed by atoms with Gasteiger partial charge in [0.2, 0.25) is 0 Å². The summed E-state index contributed by atoms with van der Waals surface area (Å²) in [5.41, 5.74) is 7.49. The summed E-state index contributed by atoms with van der Waals surface area (Å²) in [4.78, 5) is 0. The van der Waals surface area contributed by atoms with Crippen molar-refractivity contribution in [1.82, 2.24) is 0 Å². The van der Waals surface area contributed by atoms with Gasteiger partial charge in [-0.15, -0.1) is 0 Å². The van der Waals surface area contributed by atoms with E-state index in [0.29, 0.717) is 10.5 Å². The molecule has 3 atom stereocenters. The molecule has 1 heterocycles. The zero-order chi connectivity index (χ0) is 13.0. The van der Waals surface area contributed by atoms with Crippen LogP contribution in [0.25, 0.3) is 0 Å². The summed E-state index contributed by atoms with van der Waals surface area (Å²) in [6.07, 6.45) is 2.02. The molecule has 0 spiro atoms. The highest BCUT2D eigenvalue weighted by molar-refractivity contribution is 8.07. The second-order valence-electron chi connectivity index (χ2n) is 4.65. The summed E-state index contributed by atoms with van der Waals surface area (Å²) < 4.78 is 12.9. The molecule has 1 saturated heterocycles. The fourth-order valence-electron chi connectivity index (χ4n) is 2.34. The average Bonchev–Trinajstić information content (AvgIpc) is 2.41. The topological polar surface area (TPSA) is 26.0 Å². The van der Waals surface area contributed by atoms with E-state index in [4.69, 9.17) is 5.73 Å². The summed E-state index contributed by atoms with van der Waals surface area (Å²) >= 11 is 4.06. The Hall–Kier alpha value is -0.190. The number of rotatable bonds is 4. The van der Waals surface area contributed by atoms with E-state index in [2.05, 4.69) is 18.7 Å². The molecular formula is C14H20FNS2. The van der Waals surface area contributed by atoms with Gasteiger partial charge in [-0.1, -0.05) is 19.1 Å². The number of hydrogen-bond acceptors (Lipinski definition) is 3. The first-order valence-electron chi connectivity index (χ1n) is 6.44. The van der Waals surface area contributed by atoms with Gasteiger partial charge in [-0.2, -0.15) is 23.5 Å². The Morgan fingerprint density at radius 1 is 1.28 bits per heavy atom. The first-order valence-corrected chi connectivity index (χ1v) is 8.53. The lowest BCUT2D eigenvalue weighted by atomic mass is 10.0. The molecule has 2 rings (SSSR count). The first-order chi connectivity index (χ1) is 8.70. The smallest absolute Gasteiger partial charge is 0.123 e. The Morgan fingerprint density at radius 2 is 1.94 bits per heavy atom. The fraction of sp³-hybridized carbons (Fsp3) is 0.571. The SMILES string of the molecule is CCC1SCCSC1C(N)Cc1ccc(F)cc1. The number of hydrogen-bond donors (Lipinski definition) is 1. The van der Waals surface area contributed by atoms with Crippen molar-refractivity contribution in [3.8, 4) is 0 Å². The van der Waals surface area contributed by atoms with Gasteiger partial charge < -0.3 is 5.73 Å². The fourth-order valence-corrected chi connectivity index (χ4v) is 5.54. The number of thioether (sulfide) groups is 2. The van der Waals surface area contributed by atoms with Crippen LogP contribution in [-0.2, 0) is 6.42 Å². The second-order valence-corrected chi connectivity index (χ2v) is 7.28. The van der Waals surface area contributed by atoms with Crippen LogP contribution in [0.5, 0.6) is 0 Å². The van der Waals surface area contributed by atoms with Gasteiger partial charge in [0.25, 0.3) is 0 Å². The van der Waals surface area contributed by atoms with Crippen LogP contribution in [0.3, 0.4) is 0 Å². The molecule has 2 N–H and O–H groups in total. The summed E-state index contributed by atoms with van der Waals surface area (Å²) in [6, 6.07) is 6.89. The maximum absolute atomic E-state index is 12.9. The molecule has 3 unspecified atom stereocenters. The van der Waals surface area contributed by atoms with Crippen molar-refractivity contribution in [1.29, 1.82) is 0 Å². The first kappa shape index (κ1) is 14.2. The van der Waals surface area contributed by atoms with E-state index >= 15 is 0 Å². The summed E-state index contributed by atoms with van der Waals surface area (Å²) in [5.74, 6) is 2.26. The van der Waals surface area contributed by atoms with Crippen LogP contribution in [-0.4, -0.2) is 28.0 Å². The molecule has 0 saturated carbocycles. The molecular weight excluding hydrogens is 265 g/mol. The van der Waals surface area contributed by atoms with E-state index in [1.54, 1.807) is 0 Å². The van der Waals surface area contributed by atoms with E-state index in [1.165, 1.54) is 30.1 Å². The third kappa shape index (κ3) is 3.65. The van der Waals surface area contributed by atoms with Gasteiger partial charge in [0, 0.05) is 28.0 Å². The maximum Gasteiger partial charge on any atom is 0.123 e. The molecule has 0 aliphatic carbocycles.